The van der Waals surface area contributed by atoms with E-state index in [9.17, 15) is 13.2 Å². The Hall–Kier alpha value is -1.64. The van der Waals surface area contributed by atoms with Crippen LogP contribution in [-0.4, -0.2) is 41.2 Å². The van der Waals surface area contributed by atoms with Crippen LogP contribution in [0.2, 0.25) is 0 Å². The van der Waals surface area contributed by atoms with E-state index in [1.54, 1.807) is 13.2 Å². The maximum absolute atomic E-state index is 12.0. The van der Waals surface area contributed by atoms with Crippen LogP contribution < -0.4 is 15.2 Å². The Morgan fingerprint density at radius 1 is 1.52 bits per heavy atom. The van der Waals surface area contributed by atoms with E-state index < -0.39 is 10.0 Å². The second kappa shape index (κ2) is 6.42. The van der Waals surface area contributed by atoms with Crippen LogP contribution in [0.25, 0.3) is 0 Å². The summed E-state index contributed by atoms with van der Waals surface area (Å²) >= 11 is 0. The number of hydrogen-bond donors (Lipinski definition) is 2. The van der Waals surface area contributed by atoms with Gasteiger partial charge in [0.25, 0.3) is 0 Å². The minimum absolute atomic E-state index is 0.0188. The highest BCUT2D eigenvalue weighted by Gasteiger charge is 2.26. The molecule has 1 aromatic rings. The van der Waals surface area contributed by atoms with Gasteiger partial charge < -0.3 is 14.8 Å². The molecule has 3 N–H and O–H groups in total. The van der Waals surface area contributed by atoms with Gasteiger partial charge in [-0.15, -0.1) is 0 Å². The predicted octanol–water partition coefficient (Wildman–Crippen LogP) is -0.352. The molecule has 1 atom stereocenters. The molecule has 0 aliphatic carbocycles. The van der Waals surface area contributed by atoms with Gasteiger partial charge in [0.1, 0.15) is 12.4 Å². The molecule has 0 saturated carbocycles. The molecule has 1 amide bonds. The predicted molar refractivity (Wildman–Crippen MR) is 75.4 cm³/mol. The van der Waals surface area contributed by atoms with Crippen molar-refractivity contribution in [1.82, 2.24) is 5.32 Å². The third kappa shape index (κ3) is 3.93. The summed E-state index contributed by atoms with van der Waals surface area (Å²) in [6.45, 7) is 1.13. The van der Waals surface area contributed by atoms with Crippen LogP contribution >= 0.6 is 0 Å². The molecule has 0 spiro atoms. The molecule has 7 nitrogen and oxygen atoms in total. The van der Waals surface area contributed by atoms with Crippen LogP contribution in [0.5, 0.6) is 5.75 Å². The Morgan fingerprint density at radius 2 is 2.29 bits per heavy atom. The van der Waals surface area contributed by atoms with E-state index in [1.807, 2.05) is 0 Å². The van der Waals surface area contributed by atoms with Gasteiger partial charge >= 0.3 is 0 Å². The number of methoxy groups -OCH3 is 1. The van der Waals surface area contributed by atoms with Gasteiger partial charge in [0, 0.05) is 13.7 Å². The summed E-state index contributed by atoms with van der Waals surface area (Å²) < 4.78 is 33.1. The molecule has 1 aliphatic heterocycles. The van der Waals surface area contributed by atoms with Gasteiger partial charge in [-0.25, -0.2) is 13.6 Å². The number of carbonyl (C=O) groups excluding carboxylic acids is 1. The third-order valence-electron chi connectivity index (χ3n) is 3.24. The van der Waals surface area contributed by atoms with E-state index >= 15 is 0 Å². The normalized spacial score (nSPS) is 17.7. The van der Waals surface area contributed by atoms with Crippen molar-refractivity contribution in [2.75, 3.05) is 26.9 Å². The summed E-state index contributed by atoms with van der Waals surface area (Å²) in [6.07, 6.45) is 0.414. The standard InChI is InChI=1S/C13H18N2O5S/c1-19-5-4-15-13(16)10-6-9-7-11(21(14,17)18)2-3-12(9)20-8-10/h2-3,7,10H,4-6,8H2,1H3,(H,15,16)(H2,14,17,18). The Bertz CT molecular complexity index is 629. The highest BCUT2D eigenvalue weighted by Crippen LogP contribution is 2.29. The topological polar surface area (TPSA) is 108 Å². The minimum Gasteiger partial charge on any atom is -0.492 e. The van der Waals surface area contributed by atoms with Crippen LogP contribution in [0.15, 0.2) is 23.1 Å². The fourth-order valence-electron chi connectivity index (χ4n) is 2.14. The number of fused-ring (bicyclic) bond motifs is 1. The molecule has 0 bridgehead atoms. The van der Waals surface area contributed by atoms with Crippen LogP contribution in [0, 0.1) is 5.92 Å². The molecule has 116 valence electrons. The lowest BCUT2D eigenvalue weighted by Crippen LogP contribution is -2.38. The van der Waals surface area contributed by atoms with Gasteiger partial charge in [-0.1, -0.05) is 0 Å². The molecule has 1 aromatic carbocycles. The summed E-state index contributed by atoms with van der Waals surface area (Å²) in [7, 11) is -2.21. The number of amides is 1. The first-order valence-electron chi connectivity index (χ1n) is 6.47. The molecule has 1 heterocycles. The van der Waals surface area contributed by atoms with E-state index in [4.69, 9.17) is 14.6 Å². The maximum atomic E-state index is 12.0. The van der Waals surface area contributed by atoms with Gasteiger partial charge in [-0.05, 0) is 30.2 Å². The number of rotatable bonds is 5. The zero-order valence-corrected chi connectivity index (χ0v) is 12.5. The van der Waals surface area contributed by atoms with Crippen molar-refractivity contribution in [3.05, 3.63) is 23.8 Å². The first-order chi connectivity index (χ1) is 9.91. The minimum atomic E-state index is -3.76. The number of nitrogens with one attached hydrogen (secondary N) is 1. The Labute approximate surface area is 123 Å². The van der Waals surface area contributed by atoms with Crippen LogP contribution in [0.1, 0.15) is 5.56 Å². The molecule has 0 saturated heterocycles. The third-order valence-corrected chi connectivity index (χ3v) is 4.15. The first kappa shape index (κ1) is 15.7. The number of primary sulfonamides is 1. The lowest BCUT2D eigenvalue weighted by Gasteiger charge is -2.25. The van der Waals surface area contributed by atoms with Crippen molar-refractivity contribution < 1.29 is 22.7 Å². The molecule has 8 heteroatoms. The van der Waals surface area contributed by atoms with E-state index in [2.05, 4.69) is 5.32 Å². The average Bonchev–Trinajstić information content (AvgIpc) is 2.45. The molecule has 0 radical (unpaired) electrons. The van der Waals surface area contributed by atoms with Gasteiger partial charge in [0.05, 0.1) is 17.4 Å². The van der Waals surface area contributed by atoms with Gasteiger partial charge in [0.2, 0.25) is 15.9 Å². The quantitative estimate of drug-likeness (QED) is 0.722. The highest BCUT2D eigenvalue weighted by molar-refractivity contribution is 7.89. The van der Waals surface area contributed by atoms with E-state index in [1.165, 1.54) is 12.1 Å². The van der Waals surface area contributed by atoms with Crippen molar-refractivity contribution in [2.24, 2.45) is 11.1 Å². The second-order valence-electron chi connectivity index (χ2n) is 4.81. The van der Waals surface area contributed by atoms with Crippen LogP contribution in [0.3, 0.4) is 0 Å². The Kier molecular flexibility index (Phi) is 4.81. The second-order valence-corrected chi connectivity index (χ2v) is 6.37. The Balaban J connectivity index is 2.10. The summed E-state index contributed by atoms with van der Waals surface area (Å²) in [5, 5.41) is 7.85. The molecular formula is C13H18N2O5S. The number of benzene rings is 1. The SMILES string of the molecule is COCCNC(=O)C1COc2ccc(S(N)(=O)=O)cc2C1. The lowest BCUT2D eigenvalue weighted by atomic mass is 9.96. The van der Waals surface area contributed by atoms with Gasteiger partial charge in [-0.2, -0.15) is 0 Å². The summed E-state index contributed by atoms with van der Waals surface area (Å²) in [4.78, 5) is 12.0. The van der Waals surface area contributed by atoms with Crippen molar-refractivity contribution in [2.45, 2.75) is 11.3 Å². The van der Waals surface area contributed by atoms with Crippen molar-refractivity contribution in [3.63, 3.8) is 0 Å². The molecular weight excluding hydrogens is 296 g/mol. The smallest absolute Gasteiger partial charge is 0.238 e. The maximum Gasteiger partial charge on any atom is 0.238 e. The van der Waals surface area contributed by atoms with Crippen LogP contribution in [0.4, 0.5) is 0 Å². The fourth-order valence-corrected chi connectivity index (χ4v) is 2.70. The summed E-state index contributed by atoms with van der Waals surface area (Å²) in [5.41, 5.74) is 0.666. The molecule has 1 aliphatic rings. The van der Waals surface area contributed by atoms with Gasteiger partial charge in [-0.3, -0.25) is 4.79 Å². The summed E-state index contributed by atoms with van der Waals surface area (Å²) in [6, 6.07) is 4.42. The molecule has 21 heavy (non-hydrogen) atoms. The number of hydrogen-bond acceptors (Lipinski definition) is 5. The molecule has 1 unspecified atom stereocenters. The number of carbonyl (C=O) groups is 1. The lowest BCUT2D eigenvalue weighted by molar-refractivity contribution is -0.126. The largest absolute Gasteiger partial charge is 0.492 e. The average molecular weight is 314 g/mol. The fraction of sp³-hybridized carbons (Fsp3) is 0.462. The number of sulfonamides is 1. The summed E-state index contributed by atoms with van der Waals surface area (Å²) in [5.74, 6) is 0.0899. The first-order valence-corrected chi connectivity index (χ1v) is 8.01. The van der Waals surface area contributed by atoms with Crippen molar-refractivity contribution in [3.8, 4) is 5.75 Å². The zero-order valence-electron chi connectivity index (χ0n) is 11.7. The van der Waals surface area contributed by atoms with Crippen molar-refractivity contribution >= 4 is 15.9 Å². The number of nitrogens with two attached hydrogens (primary N) is 1. The van der Waals surface area contributed by atoms with Gasteiger partial charge in [0.15, 0.2) is 0 Å². The Morgan fingerprint density at radius 3 is 2.95 bits per heavy atom. The van der Waals surface area contributed by atoms with Crippen molar-refractivity contribution in [1.29, 1.82) is 0 Å². The zero-order chi connectivity index (χ0) is 15.5. The molecule has 0 aromatic heterocycles. The molecule has 0 fully saturated rings. The van der Waals surface area contributed by atoms with Crippen LogP contribution in [-0.2, 0) is 26.0 Å². The van der Waals surface area contributed by atoms with E-state index in [-0.39, 0.29) is 23.3 Å². The highest BCUT2D eigenvalue weighted by atomic mass is 32.2. The molecule has 2 rings (SSSR count). The van der Waals surface area contributed by atoms with E-state index in [0.717, 1.165) is 0 Å². The monoisotopic (exact) mass is 314 g/mol. The van der Waals surface area contributed by atoms with E-state index in [0.29, 0.717) is 30.9 Å². The number of ether oxygens (including phenoxy) is 2.